The van der Waals surface area contributed by atoms with Gasteiger partial charge in [-0.3, -0.25) is 9.59 Å². The second-order valence-corrected chi connectivity index (χ2v) is 6.37. The van der Waals surface area contributed by atoms with E-state index in [0.717, 1.165) is 13.0 Å². The third-order valence-electron chi connectivity index (χ3n) is 3.91. The van der Waals surface area contributed by atoms with Crippen LogP contribution in [0.2, 0.25) is 0 Å². The van der Waals surface area contributed by atoms with Crippen LogP contribution in [-0.4, -0.2) is 50.5 Å². The molecule has 2 aromatic rings. The predicted molar refractivity (Wildman–Crippen MR) is 108 cm³/mol. The van der Waals surface area contributed by atoms with Gasteiger partial charge in [0.05, 0.1) is 12.3 Å². The lowest BCUT2D eigenvalue weighted by atomic mass is 10.1. The van der Waals surface area contributed by atoms with Gasteiger partial charge in [-0.25, -0.2) is 0 Å². The fraction of sp³-hybridized carbons (Fsp3) is 0.333. The normalized spacial score (nSPS) is 10.5. The van der Waals surface area contributed by atoms with Crippen LogP contribution in [-0.2, 0) is 0 Å². The maximum absolute atomic E-state index is 12.5. The summed E-state index contributed by atoms with van der Waals surface area (Å²) in [6.07, 6.45) is 0.887. The number of ether oxygens (including phenoxy) is 1. The van der Waals surface area contributed by atoms with Gasteiger partial charge in [0.1, 0.15) is 5.75 Å². The monoisotopic (exact) mass is 369 g/mol. The Morgan fingerprint density at radius 2 is 1.59 bits per heavy atom. The van der Waals surface area contributed by atoms with E-state index in [9.17, 15) is 9.59 Å². The van der Waals surface area contributed by atoms with E-state index in [-0.39, 0.29) is 11.8 Å². The van der Waals surface area contributed by atoms with Crippen molar-refractivity contribution in [3.8, 4) is 5.75 Å². The summed E-state index contributed by atoms with van der Waals surface area (Å²) >= 11 is 0. The van der Waals surface area contributed by atoms with Crippen LogP contribution >= 0.6 is 0 Å². The van der Waals surface area contributed by atoms with Gasteiger partial charge < -0.3 is 20.3 Å². The van der Waals surface area contributed by atoms with E-state index in [1.54, 1.807) is 30.3 Å². The second kappa shape index (κ2) is 10.3. The number of para-hydroxylation sites is 2. The summed E-state index contributed by atoms with van der Waals surface area (Å²) in [6, 6.07) is 13.9. The Morgan fingerprint density at radius 3 is 2.22 bits per heavy atom. The van der Waals surface area contributed by atoms with Crippen molar-refractivity contribution in [2.24, 2.45) is 0 Å². The Labute approximate surface area is 160 Å². The van der Waals surface area contributed by atoms with Crippen molar-refractivity contribution < 1.29 is 14.3 Å². The molecule has 144 valence electrons. The van der Waals surface area contributed by atoms with E-state index in [2.05, 4.69) is 15.5 Å². The first-order valence-electron chi connectivity index (χ1n) is 9.07. The van der Waals surface area contributed by atoms with Crippen LogP contribution in [0.5, 0.6) is 5.75 Å². The average molecular weight is 369 g/mol. The Balaban J connectivity index is 1.94. The van der Waals surface area contributed by atoms with E-state index in [1.165, 1.54) is 0 Å². The summed E-state index contributed by atoms with van der Waals surface area (Å²) in [6.45, 7) is 3.95. The molecule has 0 atom stereocenters. The zero-order valence-electron chi connectivity index (χ0n) is 16.1. The molecular formula is C21H27N3O3. The summed E-state index contributed by atoms with van der Waals surface area (Å²) in [5.41, 5.74) is 1.63. The molecule has 0 spiro atoms. The third-order valence-corrected chi connectivity index (χ3v) is 3.91. The molecule has 0 saturated heterocycles. The minimum Gasteiger partial charge on any atom is -0.492 e. The largest absolute Gasteiger partial charge is 0.492 e. The topological polar surface area (TPSA) is 70.7 Å². The van der Waals surface area contributed by atoms with Crippen molar-refractivity contribution >= 4 is 17.5 Å². The fourth-order valence-corrected chi connectivity index (χ4v) is 2.52. The molecule has 0 unspecified atom stereocenters. The van der Waals surface area contributed by atoms with E-state index in [4.69, 9.17) is 4.74 Å². The Kier molecular flexibility index (Phi) is 7.82. The minimum absolute atomic E-state index is 0.137. The number of nitrogens with zero attached hydrogens (tertiary/aromatic N) is 1. The SMILES string of the molecule is CCOc1ccccc1NC(=O)c1ccc(C(=O)NCCCN(C)C)cc1. The molecule has 6 heteroatoms. The number of amides is 2. The Hall–Kier alpha value is -2.86. The first-order valence-corrected chi connectivity index (χ1v) is 9.07. The van der Waals surface area contributed by atoms with Gasteiger partial charge >= 0.3 is 0 Å². The summed E-state index contributed by atoms with van der Waals surface area (Å²) in [4.78, 5) is 26.7. The highest BCUT2D eigenvalue weighted by Crippen LogP contribution is 2.24. The number of carbonyl (C=O) groups excluding carboxylic acids is 2. The number of hydrogen-bond acceptors (Lipinski definition) is 4. The van der Waals surface area contributed by atoms with Gasteiger partial charge in [-0.1, -0.05) is 12.1 Å². The molecule has 2 N–H and O–H groups in total. The van der Waals surface area contributed by atoms with Crippen LogP contribution in [0.1, 0.15) is 34.1 Å². The molecule has 0 heterocycles. The maximum Gasteiger partial charge on any atom is 0.255 e. The van der Waals surface area contributed by atoms with Crippen molar-refractivity contribution in [3.63, 3.8) is 0 Å². The molecule has 6 nitrogen and oxygen atoms in total. The summed E-state index contributed by atoms with van der Waals surface area (Å²) < 4.78 is 5.52. The lowest BCUT2D eigenvalue weighted by Crippen LogP contribution is -2.27. The number of nitrogens with one attached hydrogen (secondary N) is 2. The van der Waals surface area contributed by atoms with Gasteiger partial charge in [-0.15, -0.1) is 0 Å². The standard InChI is InChI=1S/C21H27N3O3/c1-4-27-19-9-6-5-8-18(19)23-21(26)17-12-10-16(11-13-17)20(25)22-14-7-15-24(2)3/h5-6,8-13H,4,7,14-15H2,1-3H3,(H,22,25)(H,23,26). The molecule has 0 aliphatic carbocycles. The van der Waals surface area contributed by atoms with Crippen molar-refractivity contribution in [2.75, 3.05) is 39.1 Å². The van der Waals surface area contributed by atoms with Crippen molar-refractivity contribution in [1.29, 1.82) is 0 Å². The molecule has 0 aliphatic rings. The van der Waals surface area contributed by atoms with Crippen LogP contribution in [0, 0.1) is 0 Å². The van der Waals surface area contributed by atoms with Crippen molar-refractivity contribution in [3.05, 3.63) is 59.7 Å². The van der Waals surface area contributed by atoms with Gasteiger partial charge in [0.2, 0.25) is 0 Å². The van der Waals surface area contributed by atoms with Crippen molar-refractivity contribution in [1.82, 2.24) is 10.2 Å². The van der Waals surface area contributed by atoms with E-state index in [0.29, 0.717) is 35.7 Å². The molecule has 0 aromatic heterocycles. The molecule has 0 aliphatic heterocycles. The van der Waals surface area contributed by atoms with Crippen LogP contribution in [0.25, 0.3) is 0 Å². The number of rotatable bonds is 9. The smallest absolute Gasteiger partial charge is 0.255 e. The summed E-state index contributed by atoms with van der Waals surface area (Å²) in [5, 5.41) is 5.73. The zero-order valence-corrected chi connectivity index (χ0v) is 16.1. The molecular weight excluding hydrogens is 342 g/mol. The van der Waals surface area contributed by atoms with E-state index >= 15 is 0 Å². The first-order chi connectivity index (χ1) is 13.0. The number of anilines is 1. The quantitative estimate of drug-likeness (QED) is 0.667. The third kappa shape index (κ3) is 6.42. The lowest BCUT2D eigenvalue weighted by Gasteiger charge is -2.12. The molecule has 0 fully saturated rings. The average Bonchev–Trinajstić information content (AvgIpc) is 2.66. The number of benzene rings is 2. The van der Waals surface area contributed by atoms with Gasteiger partial charge in [-0.2, -0.15) is 0 Å². The highest BCUT2D eigenvalue weighted by molar-refractivity contribution is 6.05. The molecule has 0 bridgehead atoms. The van der Waals surface area contributed by atoms with E-state index in [1.807, 2.05) is 39.2 Å². The molecule has 0 radical (unpaired) electrons. The predicted octanol–water partition coefficient (Wildman–Crippen LogP) is 3.02. The van der Waals surface area contributed by atoms with Crippen LogP contribution < -0.4 is 15.4 Å². The first kappa shape index (κ1) is 20.5. The van der Waals surface area contributed by atoms with Gasteiger partial charge in [0.25, 0.3) is 11.8 Å². The zero-order chi connectivity index (χ0) is 19.6. The minimum atomic E-state index is -0.250. The second-order valence-electron chi connectivity index (χ2n) is 6.37. The maximum atomic E-state index is 12.5. The Bertz CT molecular complexity index is 758. The fourth-order valence-electron chi connectivity index (χ4n) is 2.52. The van der Waals surface area contributed by atoms with Crippen molar-refractivity contribution in [2.45, 2.75) is 13.3 Å². The number of hydrogen-bond donors (Lipinski definition) is 2. The molecule has 27 heavy (non-hydrogen) atoms. The van der Waals surface area contributed by atoms with Crippen LogP contribution in [0.15, 0.2) is 48.5 Å². The summed E-state index contributed by atoms with van der Waals surface area (Å²) in [5.74, 6) is 0.240. The number of carbonyl (C=O) groups is 2. The van der Waals surface area contributed by atoms with Gasteiger partial charge in [-0.05, 0) is 70.4 Å². The van der Waals surface area contributed by atoms with Gasteiger partial charge in [0.15, 0.2) is 0 Å². The van der Waals surface area contributed by atoms with Gasteiger partial charge in [0, 0.05) is 17.7 Å². The van der Waals surface area contributed by atoms with E-state index < -0.39 is 0 Å². The molecule has 2 aromatic carbocycles. The highest BCUT2D eigenvalue weighted by atomic mass is 16.5. The molecule has 2 rings (SSSR count). The van der Waals surface area contributed by atoms with Crippen LogP contribution in [0.3, 0.4) is 0 Å². The Morgan fingerprint density at radius 1 is 0.963 bits per heavy atom. The highest BCUT2D eigenvalue weighted by Gasteiger charge is 2.11. The van der Waals surface area contributed by atoms with Crippen LogP contribution in [0.4, 0.5) is 5.69 Å². The lowest BCUT2D eigenvalue weighted by molar-refractivity contribution is 0.0950. The molecule has 2 amide bonds. The summed E-state index contributed by atoms with van der Waals surface area (Å²) in [7, 11) is 4.00. The molecule has 0 saturated carbocycles.